The molecular formula is C15H22BrNO2. The van der Waals surface area contributed by atoms with Crippen LogP contribution in [0.25, 0.3) is 0 Å². The molecule has 0 saturated carbocycles. The fraction of sp³-hybridized carbons (Fsp3) is 0.600. The molecule has 0 amide bonds. The molecule has 3 nitrogen and oxygen atoms in total. The van der Waals surface area contributed by atoms with E-state index in [9.17, 15) is 0 Å². The van der Waals surface area contributed by atoms with Crippen molar-refractivity contribution in [3.05, 3.63) is 28.2 Å². The molecule has 1 aliphatic heterocycles. The maximum atomic E-state index is 5.93. The van der Waals surface area contributed by atoms with Gasteiger partial charge in [-0.05, 0) is 59.4 Å². The van der Waals surface area contributed by atoms with Crippen LogP contribution in [0.15, 0.2) is 22.7 Å². The molecule has 1 fully saturated rings. The van der Waals surface area contributed by atoms with Crippen LogP contribution < -0.4 is 10.1 Å². The van der Waals surface area contributed by atoms with Gasteiger partial charge in [0.05, 0.1) is 23.7 Å². The Morgan fingerprint density at radius 1 is 1.47 bits per heavy atom. The third-order valence-corrected chi connectivity index (χ3v) is 4.17. The second-order valence-corrected chi connectivity index (χ2v) is 5.69. The minimum absolute atomic E-state index is 0.257. The molecule has 2 rings (SSSR count). The fourth-order valence-corrected chi connectivity index (χ4v) is 3.15. The van der Waals surface area contributed by atoms with Gasteiger partial charge in [0.15, 0.2) is 0 Å². The van der Waals surface area contributed by atoms with E-state index in [1.54, 1.807) is 7.11 Å². The van der Waals surface area contributed by atoms with E-state index in [1.165, 1.54) is 18.4 Å². The van der Waals surface area contributed by atoms with Crippen molar-refractivity contribution in [1.82, 2.24) is 5.32 Å². The summed E-state index contributed by atoms with van der Waals surface area (Å²) >= 11 is 3.56. The van der Waals surface area contributed by atoms with Crippen LogP contribution in [0.2, 0.25) is 0 Å². The zero-order valence-electron chi connectivity index (χ0n) is 11.6. The molecule has 106 valence electrons. The van der Waals surface area contributed by atoms with Crippen LogP contribution in [0.1, 0.15) is 37.8 Å². The molecular weight excluding hydrogens is 306 g/mol. The van der Waals surface area contributed by atoms with E-state index in [0.29, 0.717) is 0 Å². The van der Waals surface area contributed by atoms with Crippen molar-refractivity contribution in [2.24, 2.45) is 0 Å². The Hall–Kier alpha value is -0.580. The Balaban J connectivity index is 2.19. The van der Waals surface area contributed by atoms with Crippen molar-refractivity contribution < 1.29 is 9.47 Å². The summed E-state index contributed by atoms with van der Waals surface area (Å²) in [5.74, 6) is 0.864. The number of rotatable bonds is 5. The number of hydrogen-bond acceptors (Lipinski definition) is 3. The highest BCUT2D eigenvalue weighted by molar-refractivity contribution is 9.10. The summed E-state index contributed by atoms with van der Waals surface area (Å²) in [7, 11) is 1.69. The lowest BCUT2D eigenvalue weighted by Gasteiger charge is -2.31. The zero-order valence-corrected chi connectivity index (χ0v) is 13.2. The molecule has 19 heavy (non-hydrogen) atoms. The second kappa shape index (κ2) is 7.27. The van der Waals surface area contributed by atoms with Gasteiger partial charge in [-0.3, -0.25) is 0 Å². The van der Waals surface area contributed by atoms with Gasteiger partial charge in [0.25, 0.3) is 0 Å². The molecule has 2 atom stereocenters. The van der Waals surface area contributed by atoms with Crippen LogP contribution in [0, 0.1) is 0 Å². The lowest BCUT2D eigenvalue weighted by atomic mass is 9.95. The molecule has 1 aromatic carbocycles. The lowest BCUT2D eigenvalue weighted by molar-refractivity contribution is -0.00788. The van der Waals surface area contributed by atoms with Crippen molar-refractivity contribution in [2.45, 2.75) is 38.3 Å². The van der Waals surface area contributed by atoms with E-state index >= 15 is 0 Å². The Labute approximate surface area is 123 Å². The maximum absolute atomic E-state index is 5.93. The average molecular weight is 328 g/mol. The topological polar surface area (TPSA) is 30.5 Å². The molecule has 0 aliphatic carbocycles. The van der Waals surface area contributed by atoms with Crippen LogP contribution in [-0.4, -0.2) is 26.4 Å². The van der Waals surface area contributed by atoms with Crippen molar-refractivity contribution in [2.75, 3.05) is 20.3 Å². The molecule has 0 spiro atoms. The van der Waals surface area contributed by atoms with Gasteiger partial charge < -0.3 is 14.8 Å². The first kappa shape index (κ1) is 14.8. The van der Waals surface area contributed by atoms with Crippen molar-refractivity contribution in [3.63, 3.8) is 0 Å². The molecule has 1 aliphatic rings. The average Bonchev–Trinajstić information content (AvgIpc) is 2.45. The summed E-state index contributed by atoms with van der Waals surface area (Å²) < 4.78 is 12.2. The molecule has 1 aromatic rings. The van der Waals surface area contributed by atoms with Gasteiger partial charge in [-0.15, -0.1) is 0 Å². The van der Waals surface area contributed by atoms with E-state index in [0.717, 1.165) is 29.8 Å². The Morgan fingerprint density at radius 3 is 2.89 bits per heavy atom. The SMILES string of the molecule is CCNC(c1ccc(OC)c(Br)c1)C1CCCCO1. The van der Waals surface area contributed by atoms with Crippen molar-refractivity contribution in [1.29, 1.82) is 0 Å². The van der Waals surface area contributed by atoms with E-state index in [-0.39, 0.29) is 12.1 Å². The molecule has 4 heteroatoms. The number of ether oxygens (including phenoxy) is 2. The molecule has 0 bridgehead atoms. The summed E-state index contributed by atoms with van der Waals surface area (Å²) in [6.45, 7) is 3.95. The maximum Gasteiger partial charge on any atom is 0.133 e. The first-order valence-corrected chi connectivity index (χ1v) is 7.74. The first-order chi connectivity index (χ1) is 9.26. The third kappa shape index (κ3) is 3.71. The highest BCUT2D eigenvalue weighted by Gasteiger charge is 2.25. The van der Waals surface area contributed by atoms with E-state index in [2.05, 4.69) is 40.3 Å². The van der Waals surface area contributed by atoms with Crippen molar-refractivity contribution >= 4 is 15.9 Å². The second-order valence-electron chi connectivity index (χ2n) is 4.83. The Kier molecular flexibility index (Phi) is 5.67. The molecule has 1 saturated heterocycles. The van der Waals surface area contributed by atoms with Crippen LogP contribution in [0.3, 0.4) is 0 Å². The first-order valence-electron chi connectivity index (χ1n) is 6.94. The van der Waals surface area contributed by atoms with Gasteiger partial charge in [-0.1, -0.05) is 13.0 Å². The summed E-state index contributed by atoms with van der Waals surface area (Å²) in [4.78, 5) is 0. The summed E-state index contributed by atoms with van der Waals surface area (Å²) in [5.41, 5.74) is 1.25. The van der Waals surface area contributed by atoms with E-state index in [4.69, 9.17) is 9.47 Å². The standard InChI is InChI=1S/C15H22BrNO2/c1-3-17-15(14-6-4-5-9-19-14)11-7-8-13(18-2)12(16)10-11/h7-8,10,14-15,17H,3-6,9H2,1-2H3. The highest BCUT2D eigenvalue weighted by atomic mass is 79.9. The normalized spacial score (nSPS) is 21.1. The molecule has 0 aromatic heterocycles. The summed E-state index contributed by atoms with van der Waals surface area (Å²) in [5, 5.41) is 3.55. The van der Waals surface area contributed by atoms with Crippen LogP contribution in [0.4, 0.5) is 0 Å². The molecule has 1 heterocycles. The molecule has 1 N–H and O–H groups in total. The minimum atomic E-state index is 0.257. The lowest BCUT2D eigenvalue weighted by Crippen LogP contribution is -2.35. The fourth-order valence-electron chi connectivity index (χ4n) is 2.59. The smallest absolute Gasteiger partial charge is 0.133 e. The number of hydrogen-bond donors (Lipinski definition) is 1. The van der Waals surface area contributed by atoms with E-state index in [1.807, 2.05) is 6.07 Å². The Morgan fingerprint density at radius 2 is 2.32 bits per heavy atom. The van der Waals surface area contributed by atoms with Gasteiger partial charge >= 0.3 is 0 Å². The number of methoxy groups -OCH3 is 1. The van der Waals surface area contributed by atoms with Gasteiger partial charge in [-0.2, -0.15) is 0 Å². The monoisotopic (exact) mass is 327 g/mol. The third-order valence-electron chi connectivity index (χ3n) is 3.55. The quantitative estimate of drug-likeness (QED) is 0.894. The van der Waals surface area contributed by atoms with Gasteiger partial charge in [0.1, 0.15) is 5.75 Å². The predicted molar refractivity (Wildman–Crippen MR) is 80.7 cm³/mol. The van der Waals surface area contributed by atoms with Crippen molar-refractivity contribution in [3.8, 4) is 5.75 Å². The summed E-state index contributed by atoms with van der Waals surface area (Å²) in [6.07, 6.45) is 3.83. The minimum Gasteiger partial charge on any atom is -0.496 e. The number of nitrogens with one attached hydrogen (secondary N) is 1. The number of halogens is 1. The molecule has 2 unspecified atom stereocenters. The number of likely N-dealkylation sites (N-methyl/N-ethyl adjacent to an activating group) is 1. The Bertz CT molecular complexity index is 405. The predicted octanol–water partition coefficient (Wildman–Crippen LogP) is 3.68. The largest absolute Gasteiger partial charge is 0.496 e. The van der Waals surface area contributed by atoms with Crippen LogP contribution in [-0.2, 0) is 4.74 Å². The number of benzene rings is 1. The van der Waals surface area contributed by atoms with E-state index < -0.39 is 0 Å². The van der Waals surface area contributed by atoms with Crippen LogP contribution >= 0.6 is 15.9 Å². The summed E-state index contributed by atoms with van der Waals surface area (Å²) in [6, 6.07) is 6.51. The van der Waals surface area contributed by atoms with Gasteiger partial charge in [0.2, 0.25) is 0 Å². The van der Waals surface area contributed by atoms with Crippen LogP contribution in [0.5, 0.6) is 5.75 Å². The zero-order chi connectivity index (χ0) is 13.7. The highest BCUT2D eigenvalue weighted by Crippen LogP contribution is 2.32. The van der Waals surface area contributed by atoms with Gasteiger partial charge in [0, 0.05) is 6.61 Å². The molecule has 0 radical (unpaired) electrons. The van der Waals surface area contributed by atoms with Gasteiger partial charge in [-0.25, -0.2) is 0 Å².